The van der Waals surface area contributed by atoms with Crippen LogP contribution in [0.3, 0.4) is 0 Å². The average Bonchev–Trinajstić information content (AvgIpc) is 3.65. The van der Waals surface area contributed by atoms with Crippen LogP contribution >= 0.6 is 0 Å². The van der Waals surface area contributed by atoms with Gasteiger partial charge in [-0.15, -0.1) is 0 Å². The first-order chi connectivity index (χ1) is 16.4. The number of hydrogen-bond acceptors (Lipinski definition) is 9. The molecule has 1 saturated heterocycles. The van der Waals surface area contributed by atoms with Crippen LogP contribution in [0.25, 0.3) is 0 Å². The Bertz CT molecular complexity index is 498. The molecule has 1 aliphatic carbocycles. The van der Waals surface area contributed by atoms with E-state index in [0.29, 0.717) is 51.1 Å². The van der Waals surface area contributed by atoms with Crippen LogP contribution in [0, 0.1) is 5.92 Å². The van der Waals surface area contributed by atoms with Crippen LogP contribution in [-0.4, -0.2) is 84.3 Å². The van der Waals surface area contributed by atoms with Gasteiger partial charge in [-0.3, -0.25) is 0 Å². The largest absolute Gasteiger partial charge is 0.500 e. The number of hydrogen-bond donors (Lipinski definition) is 0. The number of esters is 1. The molecule has 1 saturated carbocycles. The molecular formula is C23H48O9Si2. The SMILES string of the molecule is C=CC(=O)OCCC[Si](OC)(OC)OC.CCC1CCC2OC2C1.CCO[SiH](OCC)OCC. The predicted octanol–water partition coefficient (Wildman–Crippen LogP) is 3.76. The first-order valence-corrected chi connectivity index (χ1v) is 15.7. The summed E-state index contributed by atoms with van der Waals surface area (Å²) in [4.78, 5) is 10.7. The summed E-state index contributed by atoms with van der Waals surface area (Å²) in [6.07, 6.45) is 8.60. The first-order valence-electron chi connectivity index (χ1n) is 12.3. The lowest BCUT2D eigenvalue weighted by molar-refractivity contribution is -0.137. The Kier molecular flexibility index (Phi) is 20.2. The molecule has 0 N–H and O–H groups in total. The van der Waals surface area contributed by atoms with E-state index >= 15 is 0 Å². The van der Waals surface area contributed by atoms with E-state index in [1.807, 2.05) is 20.8 Å². The fourth-order valence-corrected chi connectivity index (χ4v) is 6.28. The molecule has 0 spiro atoms. The Morgan fingerprint density at radius 1 is 0.971 bits per heavy atom. The molecule has 0 bridgehead atoms. The monoisotopic (exact) mass is 524 g/mol. The van der Waals surface area contributed by atoms with Crippen molar-refractivity contribution in [3.63, 3.8) is 0 Å². The third kappa shape index (κ3) is 14.7. The maximum Gasteiger partial charge on any atom is 0.500 e. The van der Waals surface area contributed by atoms with E-state index < -0.39 is 24.3 Å². The lowest BCUT2D eigenvalue weighted by atomic mass is 9.88. The van der Waals surface area contributed by atoms with Gasteiger partial charge in [-0.25, -0.2) is 4.79 Å². The van der Waals surface area contributed by atoms with E-state index in [0.717, 1.165) is 12.0 Å². The Hall–Kier alpha value is -0.636. The average molecular weight is 525 g/mol. The molecule has 0 radical (unpaired) electrons. The Morgan fingerprint density at radius 2 is 1.53 bits per heavy atom. The maximum atomic E-state index is 10.7. The molecule has 1 aliphatic heterocycles. The van der Waals surface area contributed by atoms with Gasteiger partial charge in [-0.1, -0.05) is 19.9 Å². The van der Waals surface area contributed by atoms with Crippen molar-refractivity contribution >= 4 is 24.3 Å². The van der Waals surface area contributed by atoms with Crippen LogP contribution in [0.5, 0.6) is 0 Å². The lowest BCUT2D eigenvalue weighted by Gasteiger charge is -2.23. The van der Waals surface area contributed by atoms with E-state index in [9.17, 15) is 4.79 Å². The molecule has 2 fully saturated rings. The van der Waals surface area contributed by atoms with Gasteiger partial charge >= 0.3 is 24.3 Å². The number of carbonyl (C=O) groups excluding carboxylic acids is 1. The first kappa shape index (κ1) is 33.4. The van der Waals surface area contributed by atoms with Crippen molar-refractivity contribution in [2.45, 2.75) is 78.1 Å². The summed E-state index contributed by atoms with van der Waals surface area (Å²) in [6, 6.07) is 0.612. The maximum absolute atomic E-state index is 10.7. The summed E-state index contributed by atoms with van der Waals surface area (Å²) in [5, 5.41) is 0. The fraction of sp³-hybridized carbons (Fsp3) is 0.870. The molecule has 1 heterocycles. The summed E-state index contributed by atoms with van der Waals surface area (Å²) >= 11 is 0. The van der Waals surface area contributed by atoms with Gasteiger partial charge in [-0.2, -0.15) is 0 Å². The molecule has 11 heteroatoms. The van der Waals surface area contributed by atoms with Gasteiger partial charge in [-0.05, 0) is 52.4 Å². The standard InChI is InChI=1S/C9H18O5Si.C8H14O.C6H16O3Si/c1-5-9(10)14-7-6-8-15(11-2,12-3)13-4;1-2-6-3-4-7-8(5-6)9-7;1-4-7-10(8-5-2)9-6-3/h5H,1,6-8H2,2-4H3;6-8H,2-5H2,1H3;10H,4-6H2,1-3H3. The van der Waals surface area contributed by atoms with Crippen LogP contribution in [0.15, 0.2) is 12.7 Å². The molecule has 0 aromatic heterocycles. The highest BCUT2D eigenvalue weighted by molar-refractivity contribution is 6.60. The van der Waals surface area contributed by atoms with Crippen molar-refractivity contribution in [3.8, 4) is 0 Å². The van der Waals surface area contributed by atoms with E-state index in [1.54, 1.807) is 21.3 Å². The van der Waals surface area contributed by atoms with Crippen molar-refractivity contribution in [3.05, 3.63) is 12.7 Å². The smallest absolute Gasteiger partial charge is 0.463 e. The zero-order chi connectivity index (χ0) is 25.8. The van der Waals surface area contributed by atoms with Crippen molar-refractivity contribution in [2.24, 2.45) is 5.92 Å². The number of rotatable bonds is 15. The van der Waals surface area contributed by atoms with E-state index in [1.165, 1.54) is 25.7 Å². The molecule has 0 amide bonds. The minimum atomic E-state index is -2.52. The van der Waals surface area contributed by atoms with Crippen LogP contribution in [0.1, 0.15) is 59.8 Å². The highest BCUT2D eigenvalue weighted by Gasteiger charge is 2.43. The minimum absolute atomic E-state index is 0.315. The summed E-state index contributed by atoms with van der Waals surface area (Å²) < 4.78 is 41.5. The van der Waals surface area contributed by atoms with Gasteiger partial charge in [0.1, 0.15) is 0 Å². The Labute approximate surface area is 209 Å². The second kappa shape index (κ2) is 20.5. The van der Waals surface area contributed by atoms with E-state index in [2.05, 4.69) is 13.5 Å². The molecule has 9 nitrogen and oxygen atoms in total. The van der Waals surface area contributed by atoms with E-state index in [-0.39, 0.29) is 0 Å². The normalized spacial score (nSPS) is 20.9. The van der Waals surface area contributed by atoms with Crippen LogP contribution in [0.4, 0.5) is 0 Å². The third-order valence-corrected chi connectivity index (χ3v) is 10.2. The van der Waals surface area contributed by atoms with Gasteiger partial charge in [0.25, 0.3) is 0 Å². The Morgan fingerprint density at radius 3 is 1.94 bits per heavy atom. The molecule has 0 aromatic carbocycles. The van der Waals surface area contributed by atoms with Crippen molar-refractivity contribution < 1.29 is 40.8 Å². The fourth-order valence-electron chi connectivity index (χ4n) is 3.49. The number of epoxide rings is 1. The quantitative estimate of drug-likeness (QED) is 0.104. The Balaban J connectivity index is 0.000000499. The zero-order valence-electron chi connectivity index (χ0n) is 22.3. The second-order valence-corrected chi connectivity index (χ2v) is 12.4. The molecule has 2 rings (SSSR count). The van der Waals surface area contributed by atoms with Gasteiger partial charge in [0.15, 0.2) is 0 Å². The van der Waals surface area contributed by atoms with Gasteiger partial charge in [0.05, 0.1) is 18.8 Å². The molecule has 202 valence electrons. The summed E-state index contributed by atoms with van der Waals surface area (Å²) in [7, 11) is 0.401. The van der Waals surface area contributed by atoms with Crippen LogP contribution in [0.2, 0.25) is 6.04 Å². The van der Waals surface area contributed by atoms with Gasteiger partial charge < -0.3 is 36.0 Å². The minimum Gasteiger partial charge on any atom is -0.463 e. The molecule has 0 aromatic rings. The molecular weight excluding hydrogens is 476 g/mol. The molecule has 34 heavy (non-hydrogen) atoms. The number of fused-ring (bicyclic) bond motifs is 1. The van der Waals surface area contributed by atoms with Crippen LogP contribution < -0.4 is 0 Å². The topological polar surface area (TPSA) is 94.2 Å². The third-order valence-electron chi connectivity index (χ3n) is 5.57. The van der Waals surface area contributed by atoms with Crippen molar-refractivity contribution in [1.29, 1.82) is 0 Å². The molecule has 2 aliphatic rings. The van der Waals surface area contributed by atoms with Crippen LogP contribution in [-0.2, 0) is 40.8 Å². The van der Waals surface area contributed by atoms with E-state index in [4.69, 9.17) is 36.0 Å². The highest BCUT2D eigenvalue weighted by atomic mass is 28.4. The molecule has 3 unspecified atom stereocenters. The van der Waals surface area contributed by atoms with Gasteiger partial charge in [0.2, 0.25) is 0 Å². The lowest BCUT2D eigenvalue weighted by Crippen LogP contribution is -2.42. The summed E-state index contributed by atoms with van der Waals surface area (Å²) in [5.41, 5.74) is 0. The summed E-state index contributed by atoms with van der Waals surface area (Å²) in [6.45, 7) is 13.8. The second-order valence-electron chi connectivity index (χ2n) is 7.73. The van der Waals surface area contributed by atoms with Gasteiger partial charge in [0, 0.05) is 53.3 Å². The number of ether oxygens (including phenoxy) is 2. The van der Waals surface area contributed by atoms with Crippen molar-refractivity contribution in [2.75, 3.05) is 47.8 Å². The molecule has 3 atom stereocenters. The number of carbonyl (C=O) groups is 1. The summed E-state index contributed by atoms with van der Waals surface area (Å²) in [5.74, 6) is 0.559. The zero-order valence-corrected chi connectivity index (χ0v) is 24.5. The highest BCUT2D eigenvalue weighted by Crippen LogP contribution is 2.40. The van der Waals surface area contributed by atoms with Crippen molar-refractivity contribution in [1.82, 2.24) is 0 Å². The predicted molar refractivity (Wildman–Crippen MR) is 136 cm³/mol.